The third-order valence-corrected chi connectivity index (χ3v) is 13.2. The summed E-state index contributed by atoms with van der Waals surface area (Å²) in [6.07, 6.45) is 0. The van der Waals surface area contributed by atoms with Gasteiger partial charge in [0.1, 0.15) is 0 Å². The van der Waals surface area contributed by atoms with E-state index in [9.17, 15) is 0 Å². The predicted molar refractivity (Wildman–Crippen MR) is 241 cm³/mol. The SMILES string of the molecule is c1ccc2c(c1)-c1ccccc1C21c2cc(-c3c4ccccc4cc4ccccc34)ccc2-c2ccc3cc(-c4c5ccccc5cc5ccccc45)ccc3c21. The molecule has 1 spiro atoms. The number of benzene rings is 11. The van der Waals surface area contributed by atoms with Crippen LogP contribution >= 0.6 is 0 Å². The molecule has 2 aliphatic carbocycles. The van der Waals surface area contributed by atoms with Crippen LogP contribution < -0.4 is 0 Å². The Bertz CT molecular complexity index is 3370. The molecule has 0 N–H and O–H groups in total. The van der Waals surface area contributed by atoms with Crippen LogP contribution in [0.3, 0.4) is 0 Å². The molecule has 0 nitrogen and oxygen atoms in total. The summed E-state index contributed by atoms with van der Waals surface area (Å²) in [6, 6.07) is 77.8. The van der Waals surface area contributed by atoms with E-state index in [0.29, 0.717) is 0 Å². The van der Waals surface area contributed by atoms with E-state index in [1.54, 1.807) is 0 Å². The van der Waals surface area contributed by atoms with Gasteiger partial charge in [0, 0.05) is 0 Å². The van der Waals surface area contributed by atoms with E-state index in [4.69, 9.17) is 0 Å². The lowest BCUT2D eigenvalue weighted by Gasteiger charge is -2.32. The first-order valence-corrected chi connectivity index (χ1v) is 20.0. The lowest BCUT2D eigenvalue weighted by Crippen LogP contribution is -2.26. The highest BCUT2D eigenvalue weighted by Gasteiger charge is 2.52. The summed E-state index contributed by atoms with van der Waals surface area (Å²) in [4.78, 5) is 0. The van der Waals surface area contributed by atoms with E-state index >= 15 is 0 Å². The van der Waals surface area contributed by atoms with E-state index in [-0.39, 0.29) is 0 Å². The minimum Gasteiger partial charge on any atom is -0.0619 e. The second-order valence-electron chi connectivity index (χ2n) is 15.9. The smallest absolute Gasteiger partial charge is 0.0619 e. The maximum Gasteiger partial charge on any atom is 0.0731 e. The molecule has 0 bridgehead atoms. The first kappa shape index (κ1) is 31.0. The summed E-state index contributed by atoms with van der Waals surface area (Å²) >= 11 is 0. The second kappa shape index (κ2) is 11.4. The van der Waals surface area contributed by atoms with Crippen LogP contribution in [0.4, 0.5) is 0 Å². The Kier molecular flexibility index (Phi) is 6.19. The maximum absolute atomic E-state index is 2.55. The van der Waals surface area contributed by atoms with Gasteiger partial charge in [-0.15, -0.1) is 0 Å². The average Bonchev–Trinajstić information content (AvgIpc) is 3.74. The largest absolute Gasteiger partial charge is 0.0731 e. The van der Waals surface area contributed by atoms with Gasteiger partial charge >= 0.3 is 0 Å². The molecule has 0 atom stereocenters. The third kappa shape index (κ3) is 4.07. The fraction of sp³-hybridized carbons (Fsp3) is 0.0175. The van der Waals surface area contributed by atoms with Crippen molar-refractivity contribution < 1.29 is 0 Å². The zero-order valence-corrected chi connectivity index (χ0v) is 31.1. The fourth-order valence-corrected chi connectivity index (χ4v) is 10.9. The summed E-state index contributed by atoms with van der Waals surface area (Å²) < 4.78 is 0. The van der Waals surface area contributed by atoms with E-state index in [2.05, 4.69) is 206 Å². The molecule has 2 aliphatic rings. The van der Waals surface area contributed by atoms with Crippen LogP contribution in [0.1, 0.15) is 22.3 Å². The van der Waals surface area contributed by atoms with Gasteiger partial charge in [0.25, 0.3) is 0 Å². The van der Waals surface area contributed by atoms with Gasteiger partial charge in [-0.3, -0.25) is 0 Å². The van der Waals surface area contributed by atoms with Crippen molar-refractivity contribution in [1.29, 1.82) is 0 Å². The summed E-state index contributed by atoms with van der Waals surface area (Å²) in [6.45, 7) is 0. The molecule has 0 heterocycles. The monoisotopic (exact) mass is 718 g/mol. The van der Waals surface area contributed by atoms with Crippen LogP contribution in [0.25, 0.3) is 98.4 Å². The van der Waals surface area contributed by atoms with Crippen LogP contribution in [0, 0.1) is 0 Å². The second-order valence-corrected chi connectivity index (χ2v) is 15.9. The molecule has 13 rings (SSSR count). The molecular weight excluding hydrogens is 685 g/mol. The van der Waals surface area contributed by atoms with Gasteiger partial charge < -0.3 is 0 Å². The van der Waals surface area contributed by atoms with E-state index in [1.165, 1.54) is 121 Å². The zero-order valence-electron chi connectivity index (χ0n) is 31.1. The molecule has 0 amide bonds. The topological polar surface area (TPSA) is 0 Å². The van der Waals surface area contributed by atoms with Gasteiger partial charge in [-0.05, 0) is 145 Å². The van der Waals surface area contributed by atoms with Gasteiger partial charge in [0.15, 0.2) is 0 Å². The molecular formula is C57H34. The van der Waals surface area contributed by atoms with Crippen molar-refractivity contribution in [2.45, 2.75) is 5.41 Å². The first-order valence-electron chi connectivity index (χ1n) is 20.0. The van der Waals surface area contributed by atoms with Crippen molar-refractivity contribution in [2.75, 3.05) is 0 Å². The normalized spacial score (nSPS) is 13.4. The Morgan fingerprint density at radius 3 is 1.19 bits per heavy atom. The van der Waals surface area contributed by atoms with Crippen molar-refractivity contribution in [1.82, 2.24) is 0 Å². The number of hydrogen-bond acceptors (Lipinski definition) is 0. The molecule has 0 aliphatic heterocycles. The van der Waals surface area contributed by atoms with Crippen molar-refractivity contribution in [2.24, 2.45) is 0 Å². The highest BCUT2D eigenvalue weighted by atomic mass is 14.5. The molecule has 0 heteroatoms. The average molecular weight is 719 g/mol. The Balaban J connectivity index is 1.13. The Labute approximate surface area is 330 Å². The summed E-state index contributed by atoms with van der Waals surface area (Å²) in [5, 5.41) is 12.8. The zero-order chi connectivity index (χ0) is 37.2. The lowest BCUT2D eigenvalue weighted by molar-refractivity contribution is 0.801. The van der Waals surface area contributed by atoms with Crippen molar-refractivity contribution in [3.63, 3.8) is 0 Å². The Morgan fingerprint density at radius 2 is 0.649 bits per heavy atom. The minimum absolute atomic E-state index is 0.485. The molecule has 0 fully saturated rings. The number of rotatable bonds is 2. The lowest BCUT2D eigenvalue weighted by atomic mass is 9.69. The maximum atomic E-state index is 2.55. The first-order chi connectivity index (χ1) is 28.3. The Morgan fingerprint density at radius 1 is 0.246 bits per heavy atom. The minimum atomic E-state index is -0.485. The number of fused-ring (bicyclic) bond motifs is 16. The Hall–Kier alpha value is -7.28. The predicted octanol–water partition coefficient (Wildman–Crippen LogP) is 15.1. The third-order valence-electron chi connectivity index (χ3n) is 13.2. The standard InChI is InChI=1S/C57H34/c1-5-17-42-35(13-1)31-36-14-2-6-18-43(36)54(42)40-26-28-46-39(33-40)25-30-50-49-29-27-41(55-44-19-7-3-15-37(44)32-38-16-4-8-20-45(38)55)34-53(49)57(56(46)50)51-23-11-9-21-47(51)48-22-10-12-24-52(48)57/h1-34H. The molecule has 57 heavy (non-hydrogen) atoms. The quantitative estimate of drug-likeness (QED) is 0.156. The van der Waals surface area contributed by atoms with Crippen LogP contribution in [-0.4, -0.2) is 0 Å². The van der Waals surface area contributed by atoms with Gasteiger partial charge in [-0.25, -0.2) is 0 Å². The van der Waals surface area contributed by atoms with Crippen LogP contribution in [-0.2, 0) is 5.41 Å². The number of hydrogen-bond donors (Lipinski definition) is 0. The summed E-state index contributed by atoms with van der Waals surface area (Å²) in [7, 11) is 0. The van der Waals surface area contributed by atoms with Crippen molar-refractivity contribution in [3.05, 3.63) is 229 Å². The van der Waals surface area contributed by atoms with Gasteiger partial charge in [-0.2, -0.15) is 0 Å². The van der Waals surface area contributed by atoms with Crippen molar-refractivity contribution >= 4 is 53.9 Å². The molecule has 0 saturated heterocycles. The molecule has 0 unspecified atom stereocenters. The summed E-state index contributed by atoms with van der Waals surface area (Å²) in [5.41, 5.74) is 15.4. The van der Waals surface area contributed by atoms with E-state index < -0.39 is 5.41 Å². The molecule has 0 aromatic heterocycles. The molecule has 11 aromatic rings. The van der Waals surface area contributed by atoms with E-state index in [1.807, 2.05) is 0 Å². The van der Waals surface area contributed by atoms with Gasteiger partial charge in [-0.1, -0.05) is 182 Å². The van der Waals surface area contributed by atoms with Crippen molar-refractivity contribution in [3.8, 4) is 44.5 Å². The van der Waals surface area contributed by atoms with Crippen LogP contribution in [0.2, 0.25) is 0 Å². The van der Waals surface area contributed by atoms with Crippen LogP contribution in [0.5, 0.6) is 0 Å². The van der Waals surface area contributed by atoms with Gasteiger partial charge in [0.05, 0.1) is 5.41 Å². The van der Waals surface area contributed by atoms with Crippen LogP contribution in [0.15, 0.2) is 206 Å². The molecule has 11 aromatic carbocycles. The molecule has 262 valence electrons. The highest BCUT2D eigenvalue weighted by molar-refractivity contribution is 6.15. The fourth-order valence-electron chi connectivity index (χ4n) is 10.9. The summed E-state index contributed by atoms with van der Waals surface area (Å²) in [5.74, 6) is 0. The van der Waals surface area contributed by atoms with Gasteiger partial charge in [0.2, 0.25) is 0 Å². The molecule has 0 saturated carbocycles. The molecule has 0 radical (unpaired) electrons. The highest BCUT2D eigenvalue weighted by Crippen LogP contribution is 2.64. The van der Waals surface area contributed by atoms with E-state index in [0.717, 1.165) is 0 Å².